The van der Waals surface area contributed by atoms with Crippen molar-refractivity contribution in [1.29, 1.82) is 0 Å². The maximum Gasteiger partial charge on any atom is 0.255 e. The Hall–Kier alpha value is -2.62. The number of fused-ring (bicyclic) bond motifs is 1. The van der Waals surface area contributed by atoms with E-state index in [0.717, 1.165) is 5.52 Å². The number of nitrogens with zero attached hydrogens (tertiary/aromatic N) is 1. The highest BCUT2D eigenvalue weighted by Crippen LogP contribution is 2.25. The largest absolute Gasteiger partial charge is 0.494 e. The predicted octanol–water partition coefficient (Wildman–Crippen LogP) is 3.11. The van der Waals surface area contributed by atoms with Crippen LogP contribution in [0.15, 0.2) is 59.5 Å². The number of benzene rings is 1. The summed E-state index contributed by atoms with van der Waals surface area (Å²) in [6.07, 6.45) is 1.70. The van der Waals surface area contributed by atoms with E-state index in [1.807, 2.05) is 18.2 Å². The number of methoxy groups -OCH3 is 1. The van der Waals surface area contributed by atoms with Crippen molar-refractivity contribution in [2.45, 2.75) is 0 Å². The molecule has 0 aliphatic heterocycles. The van der Waals surface area contributed by atoms with Crippen LogP contribution in [0, 0.1) is 5.82 Å². The molecule has 1 aromatic carbocycles. The van der Waals surface area contributed by atoms with Crippen molar-refractivity contribution < 1.29 is 9.13 Å². The molecule has 0 unspecified atom stereocenters. The topological polar surface area (TPSA) is 30.7 Å². The third-order valence-electron chi connectivity index (χ3n) is 3.20. The summed E-state index contributed by atoms with van der Waals surface area (Å²) >= 11 is 0. The SMILES string of the molecule is COc1ccc(-c2cc(=O)n3ccccc3c2)cc1F. The third kappa shape index (κ3) is 2.05. The molecule has 3 nitrogen and oxygen atoms in total. The van der Waals surface area contributed by atoms with Crippen molar-refractivity contribution in [3.8, 4) is 16.9 Å². The first-order chi connectivity index (χ1) is 9.69. The van der Waals surface area contributed by atoms with E-state index in [1.54, 1.807) is 28.8 Å². The van der Waals surface area contributed by atoms with E-state index in [2.05, 4.69) is 0 Å². The van der Waals surface area contributed by atoms with Gasteiger partial charge in [0.15, 0.2) is 11.6 Å². The second-order valence-corrected chi connectivity index (χ2v) is 4.43. The maximum absolute atomic E-state index is 13.7. The van der Waals surface area contributed by atoms with Crippen LogP contribution in [0.4, 0.5) is 4.39 Å². The van der Waals surface area contributed by atoms with E-state index in [9.17, 15) is 9.18 Å². The van der Waals surface area contributed by atoms with E-state index < -0.39 is 5.82 Å². The van der Waals surface area contributed by atoms with Gasteiger partial charge in [0.2, 0.25) is 0 Å². The highest BCUT2D eigenvalue weighted by atomic mass is 19.1. The van der Waals surface area contributed by atoms with Gasteiger partial charge in [0.1, 0.15) is 0 Å². The summed E-state index contributed by atoms with van der Waals surface area (Å²) in [6.45, 7) is 0. The van der Waals surface area contributed by atoms with Crippen LogP contribution in [0.25, 0.3) is 16.6 Å². The van der Waals surface area contributed by atoms with Crippen molar-refractivity contribution in [3.05, 3.63) is 70.9 Å². The molecule has 2 heterocycles. The molecule has 0 saturated heterocycles. The van der Waals surface area contributed by atoms with Crippen LogP contribution in [0.3, 0.4) is 0 Å². The Kier molecular flexibility index (Phi) is 2.99. The minimum absolute atomic E-state index is 0.144. The van der Waals surface area contributed by atoms with Gasteiger partial charge in [0.05, 0.1) is 7.11 Å². The summed E-state index contributed by atoms with van der Waals surface area (Å²) in [5.41, 5.74) is 1.95. The van der Waals surface area contributed by atoms with Crippen molar-refractivity contribution in [3.63, 3.8) is 0 Å². The van der Waals surface area contributed by atoms with Crippen molar-refractivity contribution in [2.75, 3.05) is 7.11 Å². The zero-order valence-electron chi connectivity index (χ0n) is 10.8. The average Bonchev–Trinajstić information content (AvgIpc) is 2.47. The van der Waals surface area contributed by atoms with E-state index in [4.69, 9.17) is 4.74 Å². The van der Waals surface area contributed by atoms with Crippen molar-refractivity contribution in [2.24, 2.45) is 0 Å². The molecule has 0 amide bonds. The molecule has 0 aliphatic rings. The van der Waals surface area contributed by atoms with Gasteiger partial charge in [-0.3, -0.25) is 9.20 Å². The van der Waals surface area contributed by atoms with Gasteiger partial charge in [-0.2, -0.15) is 0 Å². The fourth-order valence-corrected chi connectivity index (χ4v) is 2.19. The monoisotopic (exact) mass is 269 g/mol. The van der Waals surface area contributed by atoms with Crippen LogP contribution in [-0.2, 0) is 0 Å². The zero-order valence-corrected chi connectivity index (χ0v) is 10.8. The molecule has 0 N–H and O–H groups in total. The van der Waals surface area contributed by atoms with Gasteiger partial charge in [-0.1, -0.05) is 12.1 Å². The van der Waals surface area contributed by atoms with Gasteiger partial charge in [0.25, 0.3) is 5.56 Å². The summed E-state index contributed by atoms with van der Waals surface area (Å²) < 4.78 is 20.2. The molecular weight excluding hydrogens is 257 g/mol. The predicted molar refractivity (Wildman–Crippen MR) is 75.6 cm³/mol. The summed E-state index contributed by atoms with van der Waals surface area (Å²) in [6, 6.07) is 13.5. The van der Waals surface area contributed by atoms with Crippen LogP contribution < -0.4 is 10.3 Å². The third-order valence-corrected chi connectivity index (χ3v) is 3.20. The lowest BCUT2D eigenvalue weighted by molar-refractivity contribution is 0.386. The van der Waals surface area contributed by atoms with Crippen LogP contribution in [0.2, 0.25) is 0 Å². The Balaban J connectivity index is 2.19. The van der Waals surface area contributed by atoms with Gasteiger partial charge in [0, 0.05) is 17.8 Å². The first kappa shape index (κ1) is 12.4. The molecule has 0 fully saturated rings. The molecule has 0 radical (unpaired) electrons. The van der Waals surface area contributed by atoms with Gasteiger partial charge < -0.3 is 4.74 Å². The summed E-state index contributed by atoms with van der Waals surface area (Å²) in [5, 5.41) is 0. The fraction of sp³-hybridized carbons (Fsp3) is 0.0625. The van der Waals surface area contributed by atoms with Gasteiger partial charge in [-0.25, -0.2) is 4.39 Å². The van der Waals surface area contributed by atoms with Crippen LogP contribution in [-0.4, -0.2) is 11.5 Å². The molecule has 2 aromatic heterocycles. The Morgan fingerprint density at radius 2 is 1.90 bits per heavy atom. The first-order valence-electron chi connectivity index (χ1n) is 6.14. The van der Waals surface area contributed by atoms with Gasteiger partial charge in [-0.05, 0) is 41.5 Å². The number of ether oxygens (including phenoxy) is 1. The first-order valence-corrected chi connectivity index (χ1v) is 6.14. The molecule has 0 aliphatic carbocycles. The van der Waals surface area contributed by atoms with Crippen LogP contribution >= 0.6 is 0 Å². The molecular formula is C16H12FNO2. The lowest BCUT2D eigenvalue weighted by atomic mass is 10.1. The molecule has 3 aromatic rings. The Bertz CT molecular complexity index is 839. The Morgan fingerprint density at radius 3 is 2.65 bits per heavy atom. The minimum atomic E-state index is -0.446. The van der Waals surface area contributed by atoms with Crippen LogP contribution in [0.1, 0.15) is 0 Å². The number of hydrogen-bond acceptors (Lipinski definition) is 2. The quantitative estimate of drug-likeness (QED) is 0.715. The second-order valence-electron chi connectivity index (χ2n) is 4.43. The number of halogens is 1. The smallest absolute Gasteiger partial charge is 0.255 e. The minimum Gasteiger partial charge on any atom is -0.494 e. The van der Waals surface area contributed by atoms with Crippen molar-refractivity contribution >= 4 is 5.52 Å². The number of pyridine rings is 2. The lowest BCUT2D eigenvalue weighted by Gasteiger charge is -2.07. The number of aromatic nitrogens is 1. The Morgan fingerprint density at radius 1 is 1.05 bits per heavy atom. The summed E-state index contributed by atoms with van der Waals surface area (Å²) in [5.74, 6) is -0.260. The number of rotatable bonds is 2. The van der Waals surface area contributed by atoms with Crippen molar-refractivity contribution in [1.82, 2.24) is 4.40 Å². The highest BCUT2D eigenvalue weighted by molar-refractivity contribution is 5.69. The standard InChI is InChI=1S/C16H12FNO2/c1-20-15-6-5-11(9-14(15)17)12-8-13-4-2-3-7-18(13)16(19)10-12/h2-10H,1H3. The molecule has 0 atom stereocenters. The highest BCUT2D eigenvalue weighted by Gasteiger charge is 2.07. The zero-order chi connectivity index (χ0) is 14.1. The molecule has 0 spiro atoms. The molecule has 4 heteroatoms. The second kappa shape index (κ2) is 4.81. The molecule has 0 bridgehead atoms. The molecule has 0 saturated carbocycles. The Labute approximate surface area is 114 Å². The summed E-state index contributed by atoms with van der Waals surface area (Å²) in [7, 11) is 1.42. The van der Waals surface area contributed by atoms with Gasteiger partial charge >= 0.3 is 0 Å². The molecule has 100 valence electrons. The van der Waals surface area contributed by atoms with E-state index in [1.165, 1.54) is 19.2 Å². The van der Waals surface area contributed by atoms with E-state index in [-0.39, 0.29) is 11.3 Å². The van der Waals surface area contributed by atoms with E-state index >= 15 is 0 Å². The molecule has 20 heavy (non-hydrogen) atoms. The fourth-order valence-electron chi connectivity index (χ4n) is 2.19. The summed E-state index contributed by atoms with van der Waals surface area (Å²) in [4.78, 5) is 12.0. The van der Waals surface area contributed by atoms with Gasteiger partial charge in [-0.15, -0.1) is 0 Å². The van der Waals surface area contributed by atoms with Crippen LogP contribution in [0.5, 0.6) is 5.75 Å². The lowest BCUT2D eigenvalue weighted by Crippen LogP contribution is -2.11. The van der Waals surface area contributed by atoms with E-state index in [0.29, 0.717) is 11.1 Å². The normalized spacial score (nSPS) is 10.7. The maximum atomic E-state index is 13.7. The molecule has 3 rings (SSSR count). The number of hydrogen-bond donors (Lipinski definition) is 0. The average molecular weight is 269 g/mol.